The van der Waals surface area contributed by atoms with Crippen LogP contribution in [0.15, 0.2) is 11.1 Å². The standard InChI is InChI=1S/C21H37NO4S/c1-20(2)9-8-16-17(12-22-27(4,25)26)19(6-5-18(16)20)21(3)10-7-15(24)11-14(21)13-23/h14-15,17,19,22-24H,5-13H2,1-4H3. The smallest absolute Gasteiger partial charge is 0.208 e. The van der Waals surface area contributed by atoms with E-state index in [1.54, 1.807) is 5.57 Å². The Hall–Kier alpha value is -0.430. The number of nitrogens with one attached hydrogen (secondary N) is 1. The van der Waals surface area contributed by atoms with Crippen molar-refractivity contribution >= 4 is 10.0 Å². The van der Waals surface area contributed by atoms with Crippen LogP contribution in [0.2, 0.25) is 0 Å². The third-order valence-electron chi connectivity index (χ3n) is 8.00. The van der Waals surface area contributed by atoms with Crippen LogP contribution in [0.3, 0.4) is 0 Å². The Kier molecular flexibility index (Phi) is 5.86. The molecule has 156 valence electrons. The molecular formula is C21H37NO4S. The maximum atomic E-state index is 11.8. The molecule has 0 aromatic rings. The minimum atomic E-state index is -3.24. The van der Waals surface area contributed by atoms with Crippen LogP contribution in [-0.4, -0.2) is 44.1 Å². The van der Waals surface area contributed by atoms with Gasteiger partial charge in [0.25, 0.3) is 0 Å². The molecule has 5 atom stereocenters. The number of rotatable bonds is 5. The van der Waals surface area contributed by atoms with Gasteiger partial charge in [-0.05, 0) is 73.5 Å². The Balaban J connectivity index is 1.96. The molecule has 1 fully saturated rings. The molecule has 0 amide bonds. The summed E-state index contributed by atoms with van der Waals surface area (Å²) in [4.78, 5) is 0. The largest absolute Gasteiger partial charge is 0.396 e. The number of aliphatic hydroxyl groups is 2. The number of allylic oxidation sites excluding steroid dienone is 1. The number of aliphatic hydroxyl groups excluding tert-OH is 2. The molecule has 0 bridgehead atoms. The van der Waals surface area contributed by atoms with Crippen LogP contribution in [-0.2, 0) is 10.0 Å². The van der Waals surface area contributed by atoms with Gasteiger partial charge in [-0.1, -0.05) is 31.9 Å². The molecule has 1 saturated carbocycles. The van der Waals surface area contributed by atoms with Gasteiger partial charge in [0.15, 0.2) is 0 Å². The van der Waals surface area contributed by atoms with E-state index < -0.39 is 10.0 Å². The number of hydrogen-bond donors (Lipinski definition) is 3. The summed E-state index contributed by atoms with van der Waals surface area (Å²) in [5, 5.41) is 20.2. The van der Waals surface area contributed by atoms with E-state index >= 15 is 0 Å². The highest BCUT2D eigenvalue weighted by atomic mass is 32.2. The first-order valence-electron chi connectivity index (χ1n) is 10.4. The van der Waals surface area contributed by atoms with Gasteiger partial charge in [-0.15, -0.1) is 0 Å². The highest BCUT2D eigenvalue weighted by molar-refractivity contribution is 7.88. The molecule has 0 radical (unpaired) electrons. The molecule has 0 spiro atoms. The van der Waals surface area contributed by atoms with Gasteiger partial charge in [0.05, 0.1) is 12.4 Å². The summed E-state index contributed by atoms with van der Waals surface area (Å²) in [6, 6.07) is 0. The maximum absolute atomic E-state index is 11.8. The van der Waals surface area contributed by atoms with Crippen LogP contribution in [0, 0.1) is 28.6 Å². The van der Waals surface area contributed by atoms with Crippen LogP contribution >= 0.6 is 0 Å². The molecule has 6 heteroatoms. The normalized spacial score (nSPS) is 39.5. The average molecular weight is 400 g/mol. The van der Waals surface area contributed by atoms with E-state index in [4.69, 9.17) is 0 Å². The molecule has 0 aromatic carbocycles. The van der Waals surface area contributed by atoms with Gasteiger partial charge in [0.1, 0.15) is 0 Å². The predicted octanol–water partition coefficient (Wildman–Crippen LogP) is 2.84. The summed E-state index contributed by atoms with van der Waals surface area (Å²) in [5.74, 6) is 0.604. The molecule has 3 aliphatic rings. The second-order valence-electron chi connectivity index (χ2n) is 10.1. The molecule has 3 N–H and O–H groups in total. The van der Waals surface area contributed by atoms with Crippen molar-refractivity contribution in [3.8, 4) is 0 Å². The predicted molar refractivity (Wildman–Crippen MR) is 108 cm³/mol. The van der Waals surface area contributed by atoms with Crippen molar-refractivity contribution < 1.29 is 18.6 Å². The maximum Gasteiger partial charge on any atom is 0.208 e. The van der Waals surface area contributed by atoms with Crippen LogP contribution in [0.4, 0.5) is 0 Å². The van der Waals surface area contributed by atoms with Crippen molar-refractivity contribution in [2.24, 2.45) is 28.6 Å². The summed E-state index contributed by atoms with van der Waals surface area (Å²) in [5.41, 5.74) is 3.16. The number of hydrogen-bond acceptors (Lipinski definition) is 4. The minimum absolute atomic E-state index is 0.0664. The van der Waals surface area contributed by atoms with Gasteiger partial charge in [-0.2, -0.15) is 0 Å². The Morgan fingerprint density at radius 1 is 1.15 bits per heavy atom. The molecule has 27 heavy (non-hydrogen) atoms. The van der Waals surface area contributed by atoms with E-state index in [-0.39, 0.29) is 35.4 Å². The van der Waals surface area contributed by atoms with Crippen LogP contribution in [0.5, 0.6) is 0 Å². The highest BCUT2D eigenvalue weighted by Gasteiger charge is 2.51. The Morgan fingerprint density at radius 2 is 1.85 bits per heavy atom. The van der Waals surface area contributed by atoms with Crippen molar-refractivity contribution in [2.75, 3.05) is 19.4 Å². The van der Waals surface area contributed by atoms with Gasteiger partial charge < -0.3 is 10.2 Å². The van der Waals surface area contributed by atoms with Crippen molar-refractivity contribution in [1.82, 2.24) is 4.72 Å². The summed E-state index contributed by atoms with van der Waals surface area (Å²) in [6.45, 7) is 7.43. The fraction of sp³-hybridized carbons (Fsp3) is 0.905. The van der Waals surface area contributed by atoms with E-state index in [0.29, 0.717) is 18.9 Å². The Morgan fingerprint density at radius 3 is 2.48 bits per heavy atom. The monoisotopic (exact) mass is 399 g/mol. The molecular weight excluding hydrogens is 362 g/mol. The van der Waals surface area contributed by atoms with Crippen molar-refractivity contribution in [2.45, 2.75) is 71.8 Å². The zero-order chi connectivity index (χ0) is 20.0. The first-order chi connectivity index (χ1) is 12.5. The summed E-state index contributed by atoms with van der Waals surface area (Å²) in [7, 11) is -3.24. The molecule has 3 aliphatic carbocycles. The van der Waals surface area contributed by atoms with Gasteiger partial charge >= 0.3 is 0 Å². The molecule has 5 unspecified atom stereocenters. The molecule has 3 rings (SSSR count). The Bertz CT molecular complexity index is 699. The third kappa shape index (κ3) is 4.14. The quantitative estimate of drug-likeness (QED) is 0.621. The van der Waals surface area contributed by atoms with Gasteiger partial charge in [-0.25, -0.2) is 13.1 Å². The summed E-state index contributed by atoms with van der Waals surface area (Å²) < 4.78 is 26.4. The van der Waals surface area contributed by atoms with Crippen LogP contribution in [0.25, 0.3) is 0 Å². The summed E-state index contributed by atoms with van der Waals surface area (Å²) >= 11 is 0. The lowest BCUT2D eigenvalue weighted by atomic mass is 9.53. The van der Waals surface area contributed by atoms with Gasteiger partial charge in [0, 0.05) is 13.2 Å². The van der Waals surface area contributed by atoms with Crippen molar-refractivity contribution in [3.63, 3.8) is 0 Å². The lowest BCUT2D eigenvalue weighted by molar-refractivity contribution is -0.0578. The van der Waals surface area contributed by atoms with E-state index in [2.05, 4.69) is 25.5 Å². The zero-order valence-corrected chi connectivity index (χ0v) is 18.1. The van der Waals surface area contributed by atoms with Crippen LogP contribution in [0.1, 0.15) is 65.7 Å². The third-order valence-corrected chi connectivity index (χ3v) is 8.69. The highest BCUT2D eigenvalue weighted by Crippen LogP contribution is 2.59. The molecule has 5 nitrogen and oxygen atoms in total. The average Bonchev–Trinajstić information content (AvgIpc) is 2.89. The Labute approximate surface area is 164 Å². The molecule has 0 aromatic heterocycles. The van der Waals surface area contributed by atoms with E-state index in [1.807, 2.05) is 0 Å². The topological polar surface area (TPSA) is 86.6 Å². The summed E-state index contributed by atoms with van der Waals surface area (Å²) in [6.07, 6.45) is 7.53. The fourth-order valence-electron chi connectivity index (χ4n) is 6.30. The van der Waals surface area contributed by atoms with Crippen LogP contribution < -0.4 is 4.72 Å². The first-order valence-corrected chi connectivity index (χ1v) is 12.3. The first kappa shape index (κ1) is 21.3. The molecule has 0 heterocycles. The second-order valence-corrected chi connectivity index (χ2v) is 11.9. The van der Waals surface area contributed by atoms with E-state index in [9.17, 15) is 18.6 Å². The van der Waals surface area contributed by atoms with Gasteiger partial charge in [-0.3, -0.25) is 0 Å². The van der Waals surface area contributed by atoms with E-state index in [1.165, 1.54) is 11.8 Å². The van der Waals surface area contributed by atoms with Gasteiger partial charge in [0.2, 0.25) is 10.0 Å². The lowest BCUT2D eigenvalue weighted by Crippen LogP contribution is -2.49. The SMILES string of the molecule is CC1(C)CCC2=C1CCC(C1(C)CCC(O)CC1CO)C2CNS(C)(=O)=O. The number of sulfonamides is 1. The zero-order valence-electron chi connectivity index (χ0n) is 17.3. The lowest BCUT2D eigenvalue weighted by Gasteiger charge is -2.52. The minimum Gasteiger partial charge on any atom is -0.396 e. The molecule has 0 saturated heterocycles. The van der Waals surface area contributed by atoms with Crippen molar-refractivity contribution in [3.05, 3.63) is 11.1 Å². The second kappa shape index (κ2) is 7.43. The van der Waals surface area contributed by atoms with E-state index in [0.717, 1.165) is 38.5 Å². The molecule has 0 aliphatic heterocycles. The van der Waals surface area contributed by atoms with Crippen molar-refractivity contribution in [1.29, 1.82) is 0 Å². The fourth-order valence-corrected chi connectivity index (χ4v) is 6.78.